The van der Waals surface area contributed by atoms with E-state index in [1.54, 1.807) is 6.07 Å². The molecule has 3 nitrogen and oxygen atoms in total. The third kappa shape index (κ3) is 2.87. The Labute approximate surface area is 88.0 Å². The maximum absolute atomic E-state index is 13.4. The van der Waals surface area contributed by atoms with Crippen molar-refractivity contribution in [2.75, 3.05) is 7.05 Å². The van der Waals surface area contributed by atoms with E-state index in [1.165, 1.54) is 19.2 Å². The number of aliphatic imine (C=N–C) groups is 1. The van der Waals surface area contributed by atoms with Crippen LogP contribution < -0.4 is 5.32 Å². The summed E-state index contributed by atoms with van der Waals surface area (Å²) in [4.78, 5) is 15.3. The van der Waals surface area contributed by atoms with E-state index in [9.17, 15) is 9.18 Å². The van der Waals surface area contributed by atoms with Gasteiger partial charge in [0.2, 0.25) is 0 Å². The SMILES string of the molecule is CNC(=O)c1ccc(N=C(C)C)cc1F. The van der Waals surface area contributed by atoms with E-state index < -0.39 is 11.7 Å². The van der Waals surface area contributed by atoms with Crippen LogP contribution in [0.15, 0.2) is 23.2 Å². The summed E-state index contributed by atoms with van der Waals surface area (Å²) in [5.74, 6) is -0.992. The molecule has 0 saturated heterocycles. The lowest BCUT2D eigenvalue weighted by atomic mass is 10.2. The molecule has 0 spiro atoms. The number of nitrogens with zero attached hydrogens (tertiary/aromatic N) is 1. The third-order valence-corrected chi connectivity index (χ3v) is 1.78. The van der Waals surface area contributed by atoms with Gasteiger partial charge in [-0.05, 0) is 26.0 Å². The Bertz CT molecular complexity index is 409. The monoisotopic (exact) mass is 208 g/mol. The van der Waals surface area contributed by atoms with E-state index in [0.717, 1.165) is 5.71 Å². The first-order chi connectivity index (χ1) is 7.04. The lowest BCUT2D eigenvalue weighted by Gasteiger charge is -2.02. The summed E-state index contributed by atoms with van der Waals surface area (Å²) >= 11 is 0. The number of amides is 1. The molecule has 4 heteroatoms. The Morgan fingerprint density at radius 1 is 1.40 bits per heavy atom. The lowest BCUT2D eigenvalue weighted by molar-refractivity contribution is 0.0959. The maximum atomic E-state index is 13.4. The number of rotatable bonds is 2. The van der Waals surface area contributed by atoms with Crippen molar-refractivity contribution < 1.29 is 9.18 Å². The van der Waals surface area contributed by atoms with Crippen molar-refractivity contribution >= 4 is 17.3 Å². The molecule has 0 bridgehead atoms. The van der Waals surface area contributed by atoms with Crippen molar-refractivity contribution in [2.45, 2.75) is 13.8 Å². The van der Waals surface area contributed by atoms with Crippen LogP contribution in [0.2, 0.25) is 0 Å². The summed E-state index contributed by atoms with van der Waals surface area (Å²) in [5, 5.41) is 2.37. The van der Waals surface area contributed by atoms with E-state index in [1.807, 2.05) is 13.8 Å². The van der Waals surface area contributed by atoms with Crippen molar-refractivity contribution in [1.29, 1.82) is 0 Å². The largest absolute Gasteiger partial charge is 0.355 e. The number of halogens is 1. The van der Waals surface area contributed by atoms with Gasteiger partial charge in [0.15, 0.2) is 0 Å². The first-order valence-corrected chi connectivity index (χ1v) is 4.58. The average molecular weight is 208 g/mol. The fraction of sp³-hybridized carbons (Fsp3) is 0.273. The molecule has 1 N–H and O–H groups in total. The van der Waals surface area contributed by atoms with Crippen molar-refractivity contribution in [3.8, 4) is 0 Å². The van der Waals surface area contributed by atoms with Gasteiger partial charge in [-0.15, -0.1) is 0 Å². The minimum absolute atomic E-state index is 0.0326. The zero-order valence-electron chi connectivity index (χ0n) is 8.97. The molecule has 1 aromatic rings. The zero-order valence-corrected chi connectivity index (χ0v) is 8.97. The number of hydrogen-bond donors (Lipinski definition) is 1. The fourth-order valence-corrected chi connectivity index (χ4v) is 1.15. The smallest absolute Gasteiger partial charge is 0.253 e. The second-order valence-electron chi connectivity index (χ2n) is 3.30. The quantitative estimate of drug-likeness (QED) is 0.744. The number of carbonyl (C=O) groups excluding carboxylic acids is 1. The Kier molecular flexibility index (Phi) is 3.55. The highest BCUT2D eigenvalue weighted by atomic mass is 19.1. The van der Waals surface area contributed by atoms with E-state index in [0.29, 0.717) is 5.69 Å². The minimum atomic E-state index is -0.558. The molecule has 0 aliphatic carbocycles. The number of benzene rings is 1. The number of carbonyl (C=O) groups is 1. The van der Waals surface area contributed by atoms with Gasteiger partial charge >= 0.3 is 0 Å². The fourth-order valence-electron chi connectivity index (χ4n) is 1.15. The van der Waals surface area contributed by atoms with Gasteiger partial charge in [-0.2, -0.15) is 0 Å². The van der Waals surface area contributed by atoms with Crippen LogP contribution in [0.3, 0.4) is 0 Å². The molecular weight excluding hydrogens is 195 g/mol. The maximum Gasteiger partial charge on any atom is 0.253 e. The van der Waals surface area contributed by atoms with Gasteiger partial charge < -0.3 is 5.32 Å². The summed E-state index contributed by atoms with van der Waals surface area (Å²) in [5.41, 5.74) is 1.38. The highest BCUT2D eigenvalue weighted by molar-refractivity contribution is 5.94. The Morgan fingerprint density at radius 3 is 2.53 bits per heavy atom. The molecule has 0 fully saturated rings. The molecule has 0 heterocycles. The van der Waals surface area contributed by atoms with Gasteiger partial charge in [0, 0.05) is 18.8 Å². The predicted octanol–water partition coefficient (Wildman–Crippen LogP) is 2.30. The van der Waals surface area contributed by atoms with Crippen LogP contribution in [-0.2, 0) is 0 Å². The molecule has 80 valence electrons. The summed E-state index contributed by atoms with van der Waals surface area (Å²) < 4.78 is 13.4. The molecule has 0 saturated carbocycles. The van der Waals surface area contributed by atoms with Crippen molar-refractivity contribution in [1.82, 2.24) is 5.32 Å². The topological polar surface area (TPSA) is 41.5 Å². The molecule has 0 aliphatic rings. The predicted molar refractivity (Wildman–Crippen MR) is 58.2 cm³/mol. The van der Waals surface area contributed by atoms with Crippen molar-refractivity contribution in [3.63, 3.8) is 0 Å². The van der Waals surface area contributed by atoms with Gasteiger partial charge in [0.25, 0.3) is 5.91 Å². The molecular formula is C11H13FN2O. The van der Waals surface area contributed by atoms with Crippen LogP contribution in [0.5, 0.6) is 0 Å². The molecule has 0 aromatic heterocycles. The van der Waals surface area contributed by atoms with Gasteiger partial charge in [-0.25, -0.2) is 4.39 Å². The van der Waals surface area contributed by atoms with E-state index in [4.69, 9.17) is 0 Å². The summed E-state index contributed by atoms with van der Waals surface area (Å²) in [7, 11) is 1.46. The van der Waals surface area contributed by atoms with Crippen LogP contribution in [0.4, 0.5) is 10.1 Å². The normalized spacial score (nSPS) is 9.60. The van der Waals surface area contributed by atoms with Gasteiger partial charge in [-0.1, -0.05) is 0 Å². The summed E-state index contributed by atoms with van der Waals surface area (Å²) in [6, 6.07) is 4.29. The van der Waals surface area contributed by atoms with E-state index in [2.05, 4.69) is 10.3 Å². The molecule has 0 unspecified atom stereocenters. The van der Waals surface area contributed by atoms with Gasteiger partial charge in [0.1, 0.15) is 5.82 Å². The highest BCUT2D eigenvalue weighted by Gasteiger charge is 2.09. The van der Waals surface area contributed by atoms with Gasteiger partial charge in [-0.3, -0.25) is 9.79 Å². The van der Waals surface area contributed by atoms with Crippen molar-refractivity contribution in [2.24, 2.45) is 4.99 Å². The second-order valence-corrected chi connectivity index (χ2v) is 3.30. The molecule has 1 amide bonds. The molecule has 0 atom stereocenters. The zero-order chi connectivity index (χ0) is 11.4. The Hall–Kier alpha value is -1.71. The van der Waals surface area contributed by atoms with Crippen LogP contribution in [0.25, 0.3) is 0 Å². The Balaban J connectivity index is 3.09. The number of nitrogens with one attached hydrogen (secondary N) is 1. The lowest BCUT2D eigenvalue weighted by Crippen LogP contribution is -2.19. The van der Waals surface area contributed by atoms with Crippen LogP contribution >= 0.6 is 0 Å². The average Bonchev–Trinajstić information content (AvgIpc) is 2.16. The van der Waals surface area contributed by atoms with Gasteiger partial charge in [0.05, 0.1) is 11.3 Å². The highest BCUT2D eigenvalue weighted by Crippen LogP contribution is 2.17. The standard InChI is InChI=1S/C11H13FN2O/c1-7(2)14-8-4-5-9(10(12)6-8)11(15)13-3/h4-6H,1-3H3,(H,13,15). The minimum Gasteiger partial charge on any atom is -0.355 e. The molecule has 0 aliphatic heterocycles. The summed E-state index contributed by atoms with van der Waals surface area (Å²) in [6.07, 6.45) is 0. The molecule has 15 heavy (non-hydrogen) atoms. The van der Waals surface area contributed by atoms with Crippen LogP contribution in [-0.4, -0.2) is 18.7 Å². The van der Waals surface area contributed by atoms with Crippen LogP contribution in [0.1, 0.15) is 24.2 Å². The molecule has 1 aromatic carbocycles. The third-order valence-electron chi connectivity index (χ3n) is 1.78. The number of hydrogen-bond acceptors (Lipinski definition) is 2. The summed E-state index contributed by atoms with van der Waals surface area (Å²) in [6.45, 7) is 3.65. The molecule has 0 radical (unpaired) electrons. The first kappa shape index (κ1) is 11.4. The van der Waals surface area contributed by atoms with Crippen molar-refractivity contribution in [3.05, 3.63) is 29.6 Å². The second kappa shape index (κ2) is 4.68. The van der Waals surface area contributed by atoms with E-state index in [-0.39, 0.29) is 5.56 Å². The van der Waals surface area contributed by atoms with E-state index >= 15 is 0 Å². The first-order valence-electron chi connectivity index (χ1n) is 4.58. The molecule has 1 rings (SSSR count). The van der Waals surface area contributed by atoms with Crippen LogP contribution in [0, 0.1) is 5.82 Å². The Morgan fingerprint density at radius 2 is 2.07 bits per heavy atom.